The average molecular weight is 363 g/mol. The van der Waals surface area contributed by atoms with Gasteiger partial charge < -0.3 is 15.1 Å². The van der Waals surface area contributed by atoms with Crippen LogP contribution in [0.5, 0.6) is 0 Å². The molecule has 6 heteroatoms. The van der Waals surface area contributed by atoms with Crippen LogP contribution in [0, 0.1) is 0 Å². The van der Waals surface area contributed by atoms with Crippen LogP contribution in [0.15, 0.2) is 54.9 Å². The third-order valence-electron chi connectivity index (χ3n) is 5.19. The lowest BCUT2D eigenvalue weighted by Crippen LogP contribution is -2.45. The number of hydrogen-bond acceptors (Lipinski definition) is 4. The Bertz CT molecular complexity index is 910. The summed E-state index contributed by atoms with van der Waals surface area (Å²) in [5.74, 6) is -0.135. The van der Waals surface area contributed by atoms with Gasteiger partial charge in [0.05, 0.1) is 0 Å². The van der Waals surface area contributed by atoms with E-state index in [0.29, 0.717) is 5.69 Å². The van der Waals surface area contributed by atoms with Gasteiger partial charge in [-0.2, -0.15) is 0 Å². The van der Waals surface area contributed by atoms with Crippen molar-refractivity contribution in [2.45, 2.75) is 6.42 Å². The van der Waals surface area contributed by atoms with Crippen LogP contribution in [0.3, 0.4) is 0 Å². The van der Waals surface area contributed by atoms with Crippen LogP contribution >= 0.6 is 0 Å². The predicted molar refractivity (Wildman–Crippen MR) is 107 cm³/mol. The van der Waals surface area contributed by atoms with E-state index in [1.54, 1.807) is 22.9 Å². The second-order valence-electron chi connectivity index (χ2n) is 7.11. The summed E-state index contributed by atoms with van der Waals surface area (Å²) < 4.78 is 1.79. The van der Waals surface area contributed by atoms with Crippen LogP contribution in [0.4, 0.5) is 5.69 Å². The van der Waals surface area contributed by atoms with Gasteiger partial charge in [0, 0.05) is 50.8 Å². The lowest BCUT2D eigenvalue weighted by molar-refractivity contribution is 0.102. The molecule has 3 aromatic rings. The van der Waals surface area contributed by atoms with Crippen molar-refractivity contribution in [3.63, 3.8) is 0 Å². The number of anilines is 1. The normalized spacial score (nSPS) is 15.9. The molecule has 0 bridgehead atoms. The zero-order valence-corrected chi connectivity index (χ0v) is 15.6. The van der Waals surface area contributed by atoms with Gasteiger partial charge in [0.25, 0.3) is 5.91 Å². The molecule has 6 nitrogen and oxygen atoms in total. The predicted octanol–water partition coefficient (Wildman–Crippen LogP) is 2.38. The number of rotatable bonds is 5. The van der Waals surface area contributed by atoms with Crippen LogP contribution in [-0.4, -0.2) is 64.9 Å². The number of hydrogen-bond donors (Lipinski definition) is 1. The van der Waals surface area contributed by atoms with Gasteiger partial charge in [-0.25, -0.2) is 4.98 Å². The lowest BCUT2D eigenvalue weighted by Gasteiger charge is -2.32. The fourth-order valence-electron chi connectivity index (χ4n) is 3.44. The van der Waals surface area contributed by atoms with Crippen molar-refractivity contribution >= 4 is 17.2 Å². The fourth-order valence-corrected chi connectivity index (χ4v) is 3.44. The minimum atomic E-state index is -0.135. The van der Waals surface area contributed by atoms with Crippen LogP contribution in [-0.2, 0) is 6.42 Å². The van der Waals surface area contributed by atoms with Gasteiger partial charge in [-0.3, -0.25) is 9.20 Å². The summed E-state index contributed by atoms with van der Waals surface area (Å²) >= 11 is 0. The minimum absolute atomic E-state index is 0.135. The van der Waals surface area contributed by atoms with E-state index in [0.717, 1.165) is 50.5 Å². The summed E-state index contributed by atoms with van der Waals surface area (Å²) in [5.41, 5.74) is 3.44. The Morgan fingerprint density at radius 2 is 1.85 bits per heavy atom. The van der Waals surface area contributed by atoms with E-state index in [-0.39, 0.29) is 5.91 Å². The molecule has 0 radical (unpaired) electrons. The number of fused-ring (bicyclic) bond motifs is 1. The molecule has 0 atom stereocenters. The number of pyridine rings is 1. The van der Waals surface area contributed by atoms with Gasteiger partial charge in [0.15, 0.2) is 0 Å². The summed E-state index contributed by atoms with van der Waals surface area (Å²) in [4.78, 5) is 21.7. The number of aromatic nitrogens is 2. The van der Waals surface area contributed by atoms with Gasteiger partial charge in [-0.05, 0) is 43.3 Å². The summed E-state index contributed by atoms with van der Waals surface area (Å²) in [5, 5.41) is 2.97. The van der Waals surface area contributed by atoms with Gasteiger partial charge in [-0.15, -0.1) is 0 Å². The first-order valence-electron chi connectivity index (χ1n) is 9.42. The molecule has 0 aliphatic carbocycles. The second kappa shape index (κ2) is 7.90. The molecule has 1 aliphatic rings. The summed E-state index contributed by atoms with van der Waals surface area (Å²) in [6.45, 7) is 5.67. The number of carbonyl (C=O) groups is 1. The molecular formula is C21H25N5O. The maximum atomic E-state index is 12.6. The Morgan fingerprint density at radius 3 is 2.63 bits per heavy atom. The lowest BCUT2D eigenvalue weighted by atomic mass is 10.1. The van der Waals surface area contributed by atoms with E-state index in [4.69, 9.17) is 0 Å². The van der Waals surface area contributed by atoms with E-state index in [9.17, 15) is 4.79 Å². The molecule has 140 valence electrons. The van der Waals surface area contributed by atoms with Crippen molar-refractivity contribution < 1.29 is 4.79 Å². The van der Waals surface area contributed by atoms with Crippen LogP contribution in [0.25, 0.3) is 5.65 Å². The Kier molecular flexibility index (Phi) is 5.18. The van der Waals surface area contributed by atoms with Crippen molar-refractivity contribution in [3.05, 3.63) is 66.1 Å². The third kappa shape index (κ3) is 4.18. The molecule has 0 saturated carbocycles. The molecule has 1 N–H and O–H groups in total. The molecule has 4 rings (SSSR count). The van der Waals surface area contributed by atoms with Crippen LogP contribution in [0.2, 0.25) is 0 Å². The summed E-state index contributed by atoms with van der Waals surface area (Å²) in [6.07, 6.45) is 4.53. The number of amides is 1. The van der Waals surface area contributed by atoms with Gasteiger partial charge in [0.1, 0.15) is 11.3 Å². The molecule has 1 aliphatic heterocycles. The smallest absolute Gasteiger partial charge is 0.272 e. The van der Waals surface area contributed by atoms with Gasteiger partial charge >= 0.3 is 0 Å². The quantitative estimate of drug-likeness (QED) is 0.756. The number of carbonyl (C=O) groups excluding carboxylic acids is 1. The zero-order valence-electron chi connectivity index (χ0n) is 15.6. The highest BCUT2D eigenvalue weighted by molar-refractivity contribution is 6.03. The summed E-state index contributed by atoms with van der Waals surface area (Å²) in [7, 11) is 2.18. The van der Waals surface area contributed by atoms with Crippen molar-refractivity contribution in [1.82, 2.24) is 19.2 Å². The Hall–Kier alpha value is -2.70. The molecule has 1 fully saturated rings. The summed E-state index contributed by atoms with van der Waals surface area (Å²) in [6, 6.07) is 13.7. The Labute approximate surface area is 159 Å². The average Bonchev–Trinajstić information content (AvgIpc) is 3.17. The highest BCUT2D eigenvalue weighted by Crippen LogP contribution is 2.14. The Morgan fingerprint density at radius 1 is 1.07 bits per heavy atom. The number of imidazole rings is 1. The van der Waals surface area contributed by atoms with Crippen LogP contribution in [0.1, 0.15) is 16.1 Å². The molecule has 1 aromatic carbocycles. The van der Waals surface area contributed by atoms with E-state index >= 15 is 0 Å². The first kappa shape index (κ1) is 17.7. The van der Waals surface area contributed by atoms with E-state index in [1.807, 2.05) is 24.3 Å². The molecule has 1 saturated heterocycles. The fraction of sp³-hybridized carbons (Fsp3) is 0.333. The van der Waals surface area contributed by atoms with Gasteiger partial charge in [-0.1, -0.05) is 18.2 Å². The number of nitrogens with one attached hydrogen (secondary N) is 1. The molecule has 0 spiro atoms. The highest BCUT2D eigenvalue weighted by atomic mass is 16.1. The molecule has 27 heavy (non-hydrogen) atoms. The van der Waals surface area contributed by atoms with Crippen molar-refractivity contribution in [1.29, 1.82) is 0 Å². The molecule has 1 amide bonds. The van der Waals surface area contributed by atoms with E-state index in [2.05, 4.69) is 39.3 Å². The molecule has 0 unspecified atom stereocenters. The second-order valence-corrected chi connectivity index (χ2v) is 7.11. The number of likely N-dealkylation sites (N-methyl/N-ethyl adjacent to an activating group) is 1. The van der Waals surface area contributed by atoms with Gasteiger partial charge in [0.2, 0.25) is 0 Å². The monoisotopic (exact) mass is 363 g/mol. The largest absolute Gasteiger partial charge is 0.321 e. The standard InChI is InChI=1S/C21H25N5O/c1-24-13-15-25(16-14-24)11-9-17-5-7-18(8-6-17)23-21(27)19-3-2-4-20-22-10-12-26(19)20/h2-8,10,12H,9,11,13-16H2,1H3,(H,23,27). The Balaban J connectivity index is 1.35. The number of piperazine rings is 1. The maximum Gasteiger partial charge on any atom is 0.272 e. The topological polar surface area (TPSA) is 52.9 Å². The highest BCUT2D eigenvalue weighted by Gasteiger charge is 2.13. The van der Waals surface area contributed by atoms with Crippen molar-refractivity contribution in [3.8, 4) is 0 Å². The SMILES string of the molecule is CN1CCN(CCc2ccc(NC(=O)c3cccc4nccn34)cc2)CC1. The first-order chi connectivity index (χ1) is 13.2. The third-order valence-corrected chi connectivity index (χ3v) is 5.19. The zero-order chi connectivity index (χ0) is 18.6. The van der Waals surface area contributed by atoms with Crippen molar-refractivity contribution in [2.24, 2.45) is 0 Å². The molecule has 2 aromatic heterocycles. The number of benzene rings is 1. The number of nitrogens with zero attached hydrogens (tertiary/aromatic N) is 4. The molecule has 3 heterocycles. The minimum Gasteiger partial charge on any atom is -0.321 e. The first-order valence-corrected chi connectivity index (χ1v) is 9.42. The van der Waals surface area contributed by atoms with Crippen molar-refractivity contribution in [2.75, 3.05) is 45.1 Å². The van der Waals surface area contributed by atoms with E-state index in [1.165, 1.54) is 5.56 Å². The molecular weight excluding hydrogens is 338 g/mol. The maximum absolute atomic E-state index is 12.6. The van der Waals surface area contributed by atoms with E-state index < -0.39 is 0 Å². The van der Waals surface area contributed by atoms with Crippen LogP contribution < -0.4 is 5.32 Å².